The fourth-order valence-electron chi connectivity index (χ4n) is 1.85. The molecule has 0 amide bonds. The summed E-state index contributed by atoms with van der Waals surface area (Å²) < 4.78 is 4.84. The van der Waals surface area contributed by atoms with Crippen LogP contribution in [0, 0.1) is 6.92 Å². The highest BCUT2D eigenvalue weighted by molar-refractivity contribution is 7.80. The van der Waals surface area contributed by atoms with Crippen molar-refractivity contribution < 1.29 is 4.68 Å². The number of aromatic nitrogens is 3. The van der Waals surface area contributed by atoms with Gasteiger partial charge in [-0.25, -0.2) is 4.79 Å². The van der Waals surface area contributed by atoms with E-state index in [1.54, 1.807) is 16.4 Å². The van der Waals surface area contributed by atoms with Gasteiger partial charge >= 0.3 is 5.69 Å². The minimum absolute atomic E-state index is 0.180. The van der Waals surface area contributed by atoms with Gasteiger partial charge in [-0.15, -0.1) is 9.25 Å². The quantitative estimate of drug-likeness (QED) is 0.587. The summed E-state index contributed by atoms with van der Waals surface area (Å²) in [5.74, 6) is 0.767. The standard InChI is InChI=1S/C12H14N4OS/c1-9-14(3)16(10-7-5-4-6-8-10)12(17)15(9)11(18)13-2/h4-8H,1-3H3/p+1. The van der Waals surface area contributed by atoms with Crippen molar-refractivity contribution in [3.05, 3.63) is 46.6 Å². The predicted octanol–water partition coefficient (Wildman–Crippen LogP) is 0.124. The molecule has 1 N–H and O–H groups in total. The molecular weight excluding hydrogens is 248 g/mol. The summed E-state index contributed by atoms with van der Waals surface area (Å²) in [5.41, 5.74) is 0.631. The first kappa shape index (κ1) is 12.5. The number of nitrogens with one attached hydrogen (secondary N) is 1. The maximum Gasteiger partial charge on any atom is 0.458 e. The second-order valence-electron chi connectivity index (χ2n) is 3.89. The Morgan fingerprint density at radius 1 is 1.33 bits per heavy atom. The number of thiocarbonyl (C=S) groups is 1. The van der Waals surface area contributed by atoms with E-state index in [1.165, 1.54) is 4.57 Å². The monoisotopic (exact) mass is 263 g/mol. The Kier molecular flexibility index (Phi) is 3.29. The molecule has 2 aromatic rings. The summed E-state index contributed by atoms with van der Waals surface area (Å²) in [4.78, 5) is 12.4. The number of hydrogen-bond donors (Lipinski definition) is 1. The SMILES string of the molecule is CNC(=S)n1c(C)[n+](C)n(-c2ccccc2)c1=O. The molecule has 6 heteroatoms. The van der Waals surface area contributed by atoms with Gasteiger partial charge in [0.15, 0.2) is 0 Å². The second-order valence-corrected chi connectivity index (χ2v) is 4.28. The van der Waals surface area contributed by atoms with E-state index in [0.29, 0.717) is 5.11 Å². The minimum atomic E-state index is -0.180. The Labute approximate surface area is 110 Å². The molecule has 94 valence electrons. The van der Waals surface area contributed by atoms with Gasteiger partial charge in [0.25, 0.3) is 10.9 Å². The van der Waals surface area contributed by atoms with Crippen molar-refractivity contribution >= 4 is 17.3 Å². The normalized spacial score (nSPS) is 10.4. The van der Waals surface area contributed by atoms with Crippen molar-refractivity contribution in [2.45, 2.75) is 6.92 Å². The van der Waals surface area contributed by atoms with E-state index in [4.69, 9.17) is 12.2 Å². The van der Waals surface area contributed by atoms with Crippen molar-refractivity contribution in [3.63, 3.8) is 0 Å². The van der Waals surface area contributed by atoms with Crippen molar-refractivity contribution in [3.8, 4) is 5.69 Å². The molecular formula is C12H15N4OS+. The van der Waals surface area contributed by atoms with Gasteiger partial charge in [0, 0.05) is 14.0 Å². The first-order valence-corrected chi connectivity index (χ1v) is 5.97. The van der Waals surface area contributed by atoms with Crippen LogP contribution in [0.4, 0.5) is 0 Å². The Morgan fingerprint density at radius 3 is 2.50 bits per heavy atom. The lowest BCUT2D eigenvalue weighted by Gasteiger charge is -1.98. The van der Waals surface area contributed by atoms with E-state index in [-0.39, 0.29) is 5.69 Å². The molecule has 0 spiro atoms. The Hall–Kier alpha value is -1.95. The lowest BCUT2D eigenvalue weighted by molar-refractivity contribution is -0.751. The summed E-state index contributed by atoms with van der Waals surface area (Å²) >= 11 is 5.14. The van der Waals surface area contributed by atoms with E-state index in [0.717, 1.165) is 11.5 Å². The van der Waals surface area contributed by atoms with Crippen molar-refractivity contribution in [1.82, 2.24) is 14.6 Å². The Balaban J connectivity index is 2.72. The molecule has 0 atom stereocenters. The fourth-order valence-corrected chi connectivity index (χ4v) is 2.06. The van der Waals surface area contributed by atoms with Gasteiger partial charge < -0.3 is 5.32 Å². The van der Waals surface area contributed by atoms with Crippen molar-refractivity contribution in [1.29, 1.82) is 0 Å². The molecule has 0 radical (unpaired) electrons. The summed E-state index contributed by atoms with van der Waals surface area (Å²) in [6.07, 6.45) is 0. The van der Waals surface area contributed by atoms with Gasteiger partial charge in [0.1, 0.15) is 7.05 Å². The summed E-state index contributed by atoms with van der Waals surface area (Å²) in [6.45, 7) is 1.85. The third-order valence-electron chi connectivity index (χ3n) is 2.88. The van der Waals surface area contributed by atoms with Gasteiger partial charge in [0.2, 0.25) is 0 Å². The highest BCUT2D eigenvalue weighted by Crippen LogP contribution is 2.01. The summed E-state index contributed by atoms with van der Waals surface area (Å²) in [5, 5.41) is 3.21. The topological polar surface area (TPSA) is 42.8 Å². The molecule has 0 aliphatic heterocycles. The second kappa shape index (κ2) is 4.73. The van der Waals surface area contributed by atoms with Gasteiger partial charge in [-0.2, -0.15) is 4.68 Å². The van der Waals surface area contributed by atoms with Gasteiger partial charge in [-0.1, -0.05) is 18.2 Å². The highest BCUT2D eigenvalue weighted by Gasteiger charge is 2.25. The van der Waals surface area contributed by atoms with Crippen LogP contribution in [0.1, 0.15) is 5.82 Å². The van der Waals surface area contributed by atoms with Crippen LogP contribution in [0.15, 0.2) is 35.1 Å². The Bertz CT molecular complexity index is 642. The lowest BCUT2D eigenvalue weighted by atomic mass is 10.3. The molecule has 1 heterocycles. The van der Waals surface area contributed by atoms with E-state index in [1.807, 2.05) is 44.3 Å². The average Bonchev–Trinajstić information content (AvgIpc) is 2.61. The molecule has 1 aromatic carbocycles. The largest absolute Gasteiger partial charge is 0.458 e. The fraction of sp³-hybridized carbons (Fsp3) is 0.250. The maximum absolute atomic E-state index is 12.4. The molecule has 0 fully saturated rings. The number of para-hydroxylation sites is 1. The molecule has 0 aliphatic rings. The van der Waals surface area contributed by atoms with Gasteiger partial charge in [-0.3, -0.25) is 0 Å². The van der Waals surface area contributed by atoms with E-state index < -0.39 is 0 Å². The molecule has 0 unspecified atom stereocenters. The lowest BCUT2D eigenvalue weighted by Crippen LogP contribution is -2.43. The third kappa shape index (κ3) is 1.84. The highest BCUT2D eigenvalue weighted by atomic mass is 32.1. The number of nitrogens with zero attached hydrogens (tertiary/aromatic N) is 3. The zero-order valence-electron chi connectivity index (χ0n) is 10.5. The van der Waals surface area contributed by atoms with E-state index >= 15 is 0 Å². The smallest absolute Gasteiger partial charge is 0.346 e. The number of rotatable bonds is 1. The van der Waals surface area contributed by atoms with Crippen LogP contribution >= 0.6 is 12.2 Å². The van der Waals surface area contributed by atoms with E-state index in [2.05, 4.69) is 5.32 Å². The first-order valence-electron chi connectivity index (χ1n) is 5.56. The van der Waals surface area contributed by atoms with Crippen molar-refractivity contribution in [2.24, 2.45) is 7.05 Å². The summed E-state index contributed by atoms with van der Waals surface area (Å²) in [7, 11) is 3.53. The molecule has 0 saturated carbocycles. The van der Waals surface area contributed by atoms with Crippen molar-refractivity contribution in [2.75, 3.05) is 7.05 Å². The zero-order valence-corrected chi connectivity index (χ0v) is 11.4. The van der Waals surface area contributed by atoms with Crippen LogP contribution < -0.4 is 15.7 Å². The zero-order chi connectivity index (χ0) is 13.3. The number of benzene rings is 1. The van der Waals surface area contributed by atoms with Crippen LogP contribution in [-0.2, 0) is 7.05 Å². The number of hydrogen-bond acceptors (Lipinski definition) is 2. The molecule has 0 bridgehead atoms. The summed E-state index contributed by atoms with van der Waals surface area (Å²) in [6, 6.07) is 9.47. The molecule has 0 saturated heterocycles. The van der Waals surface area contributed by atoms with Crippen LogP contribution in [0.3, 0.4) is 0 Å². The molecule has 0 aliphatic carbocycles. The van der Waals surface area contributed by atoms with Crippen LogP contribution in [0.2, 0.25) is 0 Å². The van der Waals surface area contributed by atoms with Crippen LogP contribution in [0.25, 0.3) is 5.69 Å². The maximum atomic E-state index is 12.4. The average molecular weight is 263 g/mol. The Morgan fingerprint density at radius 2 is 1.94 bits per heavy atom. The molecule has 18 heavy (non-hydrogen) atoms. The van der Waals surface area contributed by atoms with E-state index in [9.17, 15) is 4.79 Å². The van der Waals surface area contributed by atoms with Gasteiger partial charge in [0.05, 0.1) is 5.69 Å². The molecule has 2 rings (SSSR count). The van der Waals surface area contributed by atoms with Crippen LogP contribution in [0.5, 0.6) is 0 Å². The first-order chi connectivity index (χ1) is 8.57. The van der Waals surface area contributed by atoms with Crippen LogP contribution in [-0.4, -0.2) is 21.4 Å². The minimum Gasteiger partial charge on any atom is -0.346 e. The molecule has 1 aromatic heterocycles. The van der Waals surface area contributed by atoms with Gasteiger partial charge in [-0.05, 0) is 24.4 Å². The predicted molar refractivity (Wildman–Crippen MR) is 73.0 cm³/mol. The third-order valence-corrected chi connectivity index (χ3v) is 3.27. The molecule has 5 nitrogen and oxygen atoms in total.